The number of halogens is 2. The summed E-state index contributed by atoms with van der Waals surface area (Å²) in [7, 11) is 0. The first-order valence-corrected chi connectivity index (χ1v) is 11.4. The maximum absolute atomic E-state index is 13.7. The van der Waals surface area contributed by atoms with E-state index in [1.807, 2.05) is 25.1 Å². The molecule has 1 atom stereocenters. The van der Waals surface area contributed by atoms with Crippen molar-refractivity contribution >= 4 is 11.6 Å². The minimum absolute atomic E-state index is 0.317. The molecule has 35 heavy (non-hydrogen) atoms. The maximum Gasteiger partial charge on any atom is 0.209 e. The monoisotopic (exact) mass is 487 g/mol. The van der Waals surface area contributed by atoms with E-state index < -0.39 is 5.41 Å². The van der Waals surface area contributed by atoms with Crippen molar-refractivity contribution < 1.29 is 9.12 Å². The van der Waals surface area contributed by atoms with Gasteiger partial charge >= 0.3 is 0 Å². The number of benzene rings is 2. The van der Waals surface area contributed by atoms with Gasteiger partial charge in [0.25, 0.3) is 0 Å². The van der Waals surface area contributed by atoms with Gasteiger partial charge in [-0.25, -0.2) is 9.37 Å². The fourth-order valence-corrected chi connectivity index (χ4v) is 5.08. The first kappa shape index (κ1) is 21.4. The van der Waals surface area contributed by atoms with E-state index in [0.29, 0.717) is 46.3 Å². The standard InChI is InChI=1S/C25H19ClFN7O/c1-25(24-28-12-21(30-24)15-3-2-4-19(27)10-15)8-7-16-9-17(13-34(35)23(16)25)20-11-18(26)5-6-22(20)33-14-29-31-32-33/h2-6,9-14H,7-8H2,1H3,(H,28,30). The Morgan fingerprint density at radius 3 is 2.86 bits per heavy atom. The lowest BCUT2D eigenvalue weighted by Gasteiger charge is -2.21. The topological polar surface area (TPSA) is 99.2 Å². The van der Waals surface area contributed by atoms with Crippen LogP contribution in [-0.2, 0) is 11.8 Å². The highest BCUT2D eigenvalue weighted by molar-refractivity contribution is 6.31. The lowest BCUT2D eigenvalue weighted by Crippen LogP contribution is -2.40. The number of tetrazole rings is 1. The molecule has 174 valence electrons. The van der Waals surface area contributed by atoms with Gasteiger partial charge in [0.15, 0.2) is 6.20 Å². The smallest absolute Gasteiger partial charge is 0.209 e. The molecule has 0 aliphatic heterocycles. The van der Waals surface area contributed by atoms with E-state index in [-0.39, 0.29) is 5.82 Å². The molecule has 5 aromatic rings. The van der Waals surface area contributed by atoms with Crippen LogP contribution in [0.3, 0.4) is 0 Å². The minimum Gasteiger partial charge on any atom is -0.618 e. The van der Waals surface area contributed by atoms with Crippen LogP contribution in [-0.4, -0.2) is 30.2 Å². The molecule has 0 radical (unpaired) electrons. The number of fused-ring (bicyclic) bond motifs is 1. The lowest BCUT2D eigenvalue weighted by atomic mass is 9.86. The summed E-state index contributed by atoms with van der Waals surface area (Å²) in [6.07, 6.45) is 6.15. The van der Waals surface area contributed by atoms with Crippen molar-refractivity contribution in [2.24, 2.45) is 0 Å². The molecule has 2 aromatic carbocycles. The predicted octanol–water partition coefficient (Wildman–Crippen LogP) is 4.40. The number of aryl methyl sites for hydroxylation is 1. The Kier molecular flexibility index (Phi) is 4.89. The van der Waals surface area contributed by atoms with Crippen LogP contribution < -0.4 is 4.73 Å². The predicted molar refractivity (Wildman–Crippen MR) is 127 cm³/mol. The third kappa shape index (κ3) is 3.55. The quantitative estimate of drug-likeness (QED) is 0.299. The molecular formula is C25H19ClFN7O. The first-order valence-electron chi connectivity index (χ1n) is 11.0. The summed E-state index contributed by atoms with van der Waals surface area (Å²) >= 11 is 6.29. The Morgan fingerprint density at radius 2 is 2.06 bits per heavy atom. The maximum atomic E-state index is 13.7. The van der Waals surface area contributed by atoms with E-state index in [1.165, 1.54) is 23.1 Å². The van der Waals surface area contributed by atoms with Gasteiger partial charge in [-0.2, -0.15) is 9.41 Å². The number of nitrogens with zero attached hydrogens (tertiary/aromatic N) is 6. The summed E-state index contributed by atoms with van der Waals surface area (Å²) in [5.74, 6) is 0.355. The Bertz CT molecular complexity index is 1570. The summed E-state index contributed by atoms with van der Waals surface area (Å²) in [6.45, 7) is 2.01. The van der Waals surface area contributed by atoms with Crippen molar-refractivity contribution in [3.05, 3.63) is 100 Å². The molecule has 10 heteroatoms. The van der Waals surface area contributed by atoms with Crippen LogP contribution in [0, 0.1) is 11.0 Å². The summed E-state index contributed by atoms with van der Waals surface area (Å²) in [6, 6.07) is 13.7. The van der Waals surface area contributed by atoms with E-state index in [1.54, 1.807) is 30.6 Å². The van der Waals surface area contributed by atoms with Crippen LogP contribution in [0.4, 0.5) is 4.39 Å². The number of aromatic amines is 1. The highest BCUT2D eigenvalue weighted by atomic mass is 35.5. The largest absolute Gasteiger partial charge is 0.618 e. The Balaban J connectivity index is 1.43. The van der Waals surface area contributed by atoms with Gasteiger partial charge in [0.05, 0.1) is 17.6 Å². The lowest BCUT2D eigenvalue weighted by molar-refractivity contribution is -0.616. The number of pyridine rings is 1. The molecule has 0 amide bonds. The molecule has 3 aromatic heterocycles. The molecule has 0 spiro atoms. The molecule has 3 heterocycles. The highest BCUT2D eigenvalue weighted by Crippen LogP contribution is 2.42. The van der Waals surface area contributed by atoms with Crippen molar-refractivity contribution in [1.82, 2.24) is 30.2 Å². The van der Waals surface area contributed by atoms with Crippen LogP contribution in [0.2, 0.25) is 5.02 Å². The number of rotatable bonds is 4. The molecule has 1 unspecified atom stereocenters. The van der Waals surface area contributed by atoms with Gasteiger partial charge in [-0.05, 0) is 66.6 Å². The van der Waals surface area contributed by atoms with Crippen LogP contribution in [0.15, 0.2) is 67.3 Å². The fraction of sp³-hybridized carbons (Fsp3) is 0.160. The van der Waals surface area contributed by atoms with Crippen molar-refractivity contribution in [3.63, 3.8) is 0 Å². The average molecular weight is 488 g/mol. The Morgan fingerprint density at radius 1 is 1.17 bits per heavy atom. The van der Waals surface area contributed by atoms with Crippen molar-refractivity contribution in [2.45, 2.75) is 25.2 Å². The average Bonchev–Trinajstić information content (AvgIpc) is 3.60. The zero-order valence-electron chi connectivity index (χ0n) is 18.6. The Labute approximate surface area is 204 Å². The number of aromatic nitrogens is 7. The Hall–Kier alpha value is -4.11. The number of hydrogen-bond donors (Lipinski definition) is 1. The number of H-pyrrole nitrogens is 1. The van der Waals surface area contributed by atoms with Crippen LogP contribution in [0.25, 0.3) is 28.1 Å². The van der Waals surface area contributed by atoms with Gasteiger partial charge in [-0.3, -0.25) is 0 Å². The van der Waals surface area contributed by atoms with Gasteiger partial charge in [0, 0.05) is 27.3 Å². The van der Waals surface area contributed by atoms with Gasteiger partial charge in [0.1, 0.15) is 23.4 Å². The SMILES string of the molecule is CC1(c2ncc(-c3cccc(F)c3)[nH]2)CCc2cc(-c3cc(Cl)ccc3-n3cnnn3)c[n+]([O-])c21. The third-order valence-corrected chi connectivity index (χ3v) is 6.86. The molecule has 0 fully saturated rings. The van der Waals surface area contributed by atoms with E-state index in [0.717, 1.165) is 21.4 Å². The molecule has 0 saturated heterocycles. The fourth-order valence-electron chi connectivity index (χ4n) is 4.91. The second kappa shape index (κ2) is 7.99. The van der Waals surface area contributed by atoms with Crippen molar-refractivity contribution in [2.75, 3.05) is 0 Å². The second-order valence-electron chi connectivity index (χ2n) is 8.83. The highest BCUT2D eigenvalue weighted by Gasteiger charge is 2.46. The molecule has 8 nitrogen and oxygen atoms in total. The van der Waals surface area contributed by atoms with Crippen molar-refractivity contribution in [1.29, 1.82) is 0 Å². The number of hydrogen-bond acceptors (Lipinski definition) is 5. The number of imidazole rings is 1. The summed E-state index contributed by atoms with van der Waals surface area (Å²) < 4.78 is 16.2. The van der Waals surface area contributed by atoms with Crippen LogP contribution in [0.1, 0.15) is 30.4 Å². The molecule has 1 N–H and O–H groups in total. The van der Waals surface area contributed by atoms with Crippen molar-refractivity contribution in [3.8, 4) is 28.1 Å². The summed E-state index contributed by atoms with van der Waals surface area (Å²) in [5, 5.41) is 25.4. The molecular weight excluding hydrogens is 469 g/mol. The van der Waals surface area contributed by atoms with E-state index >= 15 is 0 Å². The normalized spacial score (nSPS) is 17.0. The van der Waals surface area contributed by atoms with E-state index in [9.17, 15) is 9.60 Å². The van der Waals surface area contributed by atoms with Gasteiger partial charge in [0.2, 0.25) is 5.69 Å². The zero-order valence-corrected chi connectivity index (χ0v) is 19.4. The van der Waals surface area contributed by atoms with Crippen LogP contribution in [0.5, 0.6) is 0 Å². The third-order valence-electron chi connectivity index (χ3n) is 6.63. The molecule has 0 saturated carbocycles. The molecule has 0 bridgehead atoms. The van der Waals surface area contributed by atoms with Gasteiger partial charge < -0.3 is 10.2 Å². The summed E-state index contributed by atoms with van der Waals surface area (Å²) in [5.41, 5.74) is 4.55. The zero-order chi connectivity index (χ0) is 24.2. The minimum atomic E-state index is -0.617. The molecule has 1 aliphatic rings. The number of nitrogens with one attached hydrogen (secondary N) is 1. The first-order chi connectivity index (χ1) is 16.9. The van der Waals surface area contributed by atoms with Crippen LogP contribution >= 0.6 is 11.6 Å². The molecule has 6 rings (SSSR count). The van der Waals surface area contributed by atoms with E-state index in [4.69, 9.17) is 11.6 Å². The summed E-state index contributed by atoms with van der Waals surface area (Å²) in [4.78, 5) is 7.90. The second-order valence-corrected chi connectivity index (χ2v) is 9.27. The van der Waals surface area contributed by atoms with Gasteiger partial charge in [-0.15, -0.1) is 5.10 Å². The molecule has 1 aliphatic carbocycles. The van der Waals surface area contributed by atoms with E-state index in [2.05, 4.69) is 25.5 Å². The van der Waals surface area contributed by atoms with Gasteiger partial charge in [-0.1, -0.05) is 23.7 Å².